The molecule has 0 aromatic heterocycles. The van der Waals surface area contributed by atoms with Gasteiger partial charge in [0.05, 0.1) is 7.11 Å². The van der Waals surface area contributed by atoms with Crippen molar-refractivity contribution < 1.29 is 22.3 Å². The Morgan fingerprint density at radius 1 is 1.19 bits per heavy atom. The van der Waals surface area contributed by atoms with Gasteiger partial charge in [-0.2, -0.15) is 0 Å². The number of hydrogen-bond donors (Lipinski definition) is 0. The number of halogens is 2. The summed E-state index contributed by atoms with van der Waals surface area (Å²) in [5.41, 5.74) is 0.316. The zero-order valence-corrected chi connectivity index (χ0v) is 16.9. The summed E-state index contributed by atoms with van der Waals surface area (Å²) in [7, 11) is 1.78. The number of benzene rings is 2. The van der Waals surface area contributed by atoms with Gasteiger partial charge in [-0.15, -0.1) is 0 Å². The van der Waals surface area contributed by atoms with Crippen LogP contribution in [0.3, 0.4) is 0 Å². The lowest BCUT2D eigenvalue weighted by Crippen LogP contribution is -2.28. The molecule has 9 heteroatoms. The molecule has 0 saturated heterocycles. The fourth-order valence-corrected chi connectivity index (χ4v) is 3.72. The van der Waals surface area contributed by atoms with Gasteiger partial charge in [0.2, 0.25) is 10.0 Å². The van der Waals surface area contributed by atoms with Crippen LogP contribution < -0.4 is 4.74 Å². The van der Waals surface area contributed by atoms with E-state index >= 15 is 0 Å². The molecule has 0 aliphatic heterocycles. The molecule has 2 aromatic carbocycles. The SMILES string of the molecule is COc1ccc(C(=O)N(C)Cc2c(F)cccc2Cl)cc1S(=O)(=O)N(C)C. The number of carbonyl (C=O) groups excluding carboxylic acids is 1. The summed E-state index contributed by atoms with van der Waals surface area (Å²) in [6, 6.07) is 8.38. The van der Waals surface area contributed by atoms with Gasteiger partial charge in [-0.25, -0.2) is 17.1 Å². The van der Waals surface area contributed by atoms with Crippen LogP contribution >= 0.6 is 11.6 Å². The topological polar surface area (TPSA) is 66.9 Å². The van der Waals surface area contributed by atoms with Crippen LogP contribution in [-0.2, 0) is 16.6 Å². The number of hydrogen-bond acceptors (Lipinski definition) is 4. The fraction of sp³-hybridized carbons (Fsp3) is 0.278. The zero-order chi connectivity index (χ0) is 20.4. The van der Waals surface area contributed by atoms with Gasteiger partial charge in [0.15, 0.2) is 0 Å². The number of methoxy groups -OCH3 is 1. The maximum atomic E-state index is 14.0. The molecule has 6 nitrogen and oxygen atoms in total. The number of sulfonamides is 1. The van der Waals surface area contributed by atoms with Crippen LogP contribution in [0.4, 0.5) is 4.39 Å². The Hall–Kier alpha value is -2.16. The molecule has 2 aromatic rings. The molecule has 0 radical (unpaired) electrons. The zero-order valence-electron chi connectivity index (χ0n) is 15.4. The van der Waals surface area contributed by atoms with Gasteiger partial charge in [0.25, 0.3) is 5.91 Å². The van der Waals surface area contributed by atoms with Gasteiger partial charge in [0.1, 0.15) is 16.5 Å². The van der Waals surface area contributed by atoms with Crippen LogP contribution in [0.2, 0.25) is 5.02 Å². The van der Waals surface area contributed by atoms with E-state index in [4.69, 9.17) is 16.3 Å². The molecule has 0 aliphatic rings. The Labute approximate surface area is 163 Å². The predicted molar refractivity (Wildman–Crippen MR) is 101 cm³/mol. The van der Waals surface area contributed by atoms with E-state index in [2.05, 4.69) is 0 Å². The Balaban J connectivity index is 2.39. The molecule has 0 unspecified atom stereocenters. The summed E-state index contributed by atoms with van der Waals surface area (Å²) in [4.78, 5) is 13.9. The van der Waals surface area contributed by atoms with E-state index in [9.17, 15) is 17.6 Å². The predicted octanol–water partition coefficient (Wildman–Crippen LogP) is 3.01. The quantitative estimate of drug-likeness (QED) is 0.728. The summed E-state index contributed by atoms with van der Waals surface area (Å²) < 4.78 is 45.1. The van der Waals surface area contributed by atoms with E-state index in [1.807, 2.05) is 0 Å². The number of nitrogens with zero attached hydrogens (tertiary/aromatic N) is 2. The number of rotatable bonds is 6. The summed E-state index contributed by atoms with van der Waals surface area (Å²) in [6.07, 6.45) is 0. The Morgan fingerprint density at radius 2 is 1.85 bits per heavy atom. The second-order valence-electron chi connectivity index (χ2n) is 6.01. The van der Waals surface area contributed by atoms with Gasteiger partial charge >= 0.3 is 0 Å². The lowest BCUT2D eigenvalue weighted by Gasteiger charge is -2.20. The molecule has 0 aliphatic carbocycles. The van der Waals surface area contributed by atoms with Crippen molar-refractivity contribution in [3.8, 4) is 5.75 Å². The molecule has 0 spiro atoms. The van der Waals surface area contributed by atoms with Crippen molar-refractivity contribution in [3.05, 3.63) is 58.4 Å². The normalized spacial score (nSPS) is 11.5. The van der Waals surface area contributed by atoms with Crippen LogP contribution in [0.1, 0.15) is 15.9 Å². The second-order valence-corrected chi connectivity index (χ2v) is 8.54. The summed E-state index contributed by atoms with van der Waals surface area (Å²) >= 11 is 6.00. The molecule has 0 saturated carbocycles. The minimum absolute atomic E-state index is 0.0634. The summed E-state index contributed by atoms with van der Waals surface area (Å²) in [6.45, 7) is -0.0634. The minimum atomic E-state index is -3.82. The largest absolute Gasteiger partial charge is 0.495 e. The average molecular weight is 415 g/mol. The molecular formula is C18H20ClFN2O4S. The second kappa shape index (κ2) is 8.24. The van der Waals surface area contributed by atoms with E-state index in [0.29, 0.717) is 0 Å². The Bertz CT molecular complexity index is 944. The molecule has 0 heterocycles. The minimum Gasteiger partial charge on any atom is -0.495 e. The van der Waals surface area contributed by atoms with E-state index in [-0.39, 0.29) is 33.3 Å². The summed E-state index contributed by atoms with van der Waals surface area (Å²) in [5.74, 6) is -0.875. The van der Waals surface area contributed by atoms with Crippen molar-refractivity contribution in [1.29, 1.82) is 0 Å². The van der Waals surface area contributed by atoms with Gasteiger partial charge in [-0.1, -0.05) is 17.7 Å². The average Bonchev–Trinajstić information content (AvgIpc) is 2.63. The van der Waals surface area contributed by atoms with Crippen molar-refractivity contribution in [2.75, 3.05) is 28.3 Å². The van der Waals surface area contributed by atoms with Crippen LogP contribution in [-0.4, -0.2) is 51.8 Å². The van der Waals surface area contributed by atoms with Gasteiger partial charge in [-0.05, 0) is 30.3 Å². The van der Waals surface area contributed by atoms with Gasteiger partial charge in [0, 0.05) is 43.8 Å². The molecule has 0 atom stereocenters. The highest BCUT2D eigenvalue weighted by atomic mass is 35.5. The standard InChI is InChI=1S/C18H20ClFN2O4S/c1-21(2)27(24,25)17-10-12(8-9-16(17)26-4)18(23)22(3)11-13-14(19)6-5-7-15(13)20/h5-10H,11H2,1-4H3. The van der Waals surface area contributed by atoms with Crippen LogP contribution in [0.25, 0.3) is 0 Å². The molecule has 0 N–H and O–H groups in total. The monoisotopic (exact) mass is 414 g/mol. The highest BCUT2D eigenvalue weighted by molar-refractivity contribution is 7.89. The van der Waals surface area contributed by atoms with E-state index in [1.54, 1.807) is 0 Å². The van der Waals surface area contributed by atoms with Crippen LogP contribution in [0.5, 0.6) is 5.75 Å². The fourth-order valence-electron chi connectivity index (χ4n) is 2.42. The maximum absolute atomic E-state index is 14.0. The molecule has 2 rings (SSSR count). The third kappa shape index (κ3) is 4.40. The smallest absolute Gasteiger partial charge is 0.253 e. The van der Waals surface area contributed by atoms with E-state index in [0.717, 1.165) is 4.31 Å². The van der Waals surface area contributed by atoms with Crippen molar-refractivity contribution in [3.63, 3.8) is 0 Å². The lowest BCUT2D eigenvalue weighted by atomic mass is 10.1. The number of carbonyl (C=O) groups is 1. The molecular weight excluding hydrogens is 395 g/mol. The highest BCUT2D eigenvalue weighted by Crippen LogP contribution is 2.28. The Morgan fingerprint density at radius 3 is 2.41 bits per heavy atom. The van der Waals surface area contributed by atoms with Crippen molar-refractivity contribution in [2.45, 2.75) is 11.4 Å². The van der Waals surface area contributed by atoms with Crippen molar-refractivity contribution >= 4 is 27.5 Å². The number of ether oxygens (including phenoxy) is 1. The molecule has 0 fully saturated rings. The first kappa shape index (κ1) is 21.1. The first-order chi connectivity index (χ1) is 12.6. The molecule has 27 heavy (non-hydrogen) atoms. The van der Waals surface area contributed by atoms with Crippen LogP contribution in [0, 0.1) is 5.82 Å². The molecule has 1 amide bonds. The third-order valence-electron chi connectivity index (χ3n) is 3.97. The van der Waals surface area contributed by atoms with Crippen molar-refractivity contribution in [1.82, 2.24) is 9.21 Å². The third-order valence-corrected chi connectivity index (χ3v) is 6.16. The first-order valence-electron chi connectivity index (χ1n) is 7.88. The van der Waals surface area contributed by atoms with Gasteiger partial charge in [-0.3, -0.25) is 4.79 Å². The lowest BCUT2D eigenvalue weighted by molar-refractivity contribution is 0.0783. The van der Waals surface area contributed by atoms with Crippen LogP contribution in [0.15, 0.2) is 41.3 Å². The maximum Gasteiger partial charge on any atom is 0.253 e. The summed E-state index contributed by atoms with van der Waals surface area (Å²) in [5, 5.41) is 0.209. The highest BCUT2D eigenvalue weighted by Gasteiger charge is 2.25. The Kier molecular flexibility index (Phi) is 6.46. The van der Waals surface area contributed by atoms with Crippen molar-refractivity contribution in [2.24, 2.45) is 0 Å². The first-order valence-corrected chi connectivity index (χ1v) is 9.70. The molecule has 0 bridgehead atoms. The van der Waals surface area contributed by atoms with E-state index in [1.165, 1.54) is 69.6 Å². The number of amides is 1. The molecule has 146 valence electrons. The van der Waals surface area contributed by atoms with Gasteiger partial charge < -0.3 is 9.64 Å². The van der Waals surface area contributed by atoms with E-state index < -0.39 is 21.7 Å².